The summed E-state index contributed by atoms with van der Waals surface area (Å²) >= 11 is 11.7. The van der Waals surface area contributed by atoms with Gasteiger partial charge in [-0.1, -0.05) is 23.2 Å². The number of rotatable bonds is 6. The second-order valence-electron chi connectivity index (χ2n) is 6.02. The molecule has 3 rings (SSSR count). The zero-order chi connectivity index (χ0) is 21.5. The van der Waals surface area contributed by atoms with E-state index in [1.165, 1.54) is 18.3 Å². The highest BCUT2D eigenvalue weighted by atomic mass is 35.5. The number of nitrogens with one attached hydrogen (secondary N) is 1. The molecular formula is C22H16Cl2N2O4. The lowest BCUT2D eigenvalue weighted by Crippen LogP contribution is -2.17. The summed E-state index contributed by atoms with van der Waals surface area (Å²) in [6.07, 6.45) is 1.46. The van der Waals surface area contributed by atoms with Crippen molar-refractivity contribution in [3.63, 3.8) is 0 Å². The lowest BCUT2D eigenvalue weighted by molar-refractivity contribution is 0.0734. The fourth-order valence-corrected chi connectivity index (χ4v) is 2.68. The van der Waals surface area contributed by atoms with E-state index in [1.807, 2.05) is 0 Å². The summed E-state index contributed by atoms with van der Waals surface area (Å²) in [7, 11) is 1.55. The Morgan fingerprint density at radius 2 is 1.50 bits per heavy atom. The lowest BCUT2D eigenvalue weighted by Gasteiger charge is -2.05. The molecular weight excluding hydrogens is 427 g/mol. The SMILES string of the molecule is COc1ccc(C(=O)Oc2ccc(/C=N\NC(=O)c3ccc(Cl)c(Cl)c3)cc2)cc1. The van der Waals surface area contributed by atoms with Crippen LogP contribution >= 0.6 is 23.2 Å². The van der Waals surface area contributed by atoms with Crippen molar-refractivity contribution in [1.29, 1.82) is 0 Å². The average molecular weight is 443 g/mol. The van der Waals surface area contributed by atoms with E-state index in [1.54, 1.807) is 61.7 Å². The number of benzene rings is 3. The van der Waals surface area contributed by atoms with E-state index in [-0.39, 0.29) is 5.02 Å². The summed E-state index contributed by atoms with van der Waals surface area (Å²) in [6, 6.07) is 17.8. The molecule has 1 amide bonds. The maximum Gasteiger partial charge on any atom is 0.343 e. The van der Waals surface area contributed by atoms with Crippen LogP contribution in [-0.2, 0) is 0 Å². The minimum absolute atomic E-state index is 0.285. The number of methoxy groups -OCH3 is 1. The largest absolute Gasteiger partial charge is 0.497 e. The number of hydrazone groups is 1. The fourth-order valence-electron chi connectivity index (χ4n) is 2.38. The summed E-state index contributed by atoms with van der Waals surface area (Å²) < 4.78 is 10.4. The van der Waals surface area contributed by atoms with Crippen molar-refractivity contribution in [2.75, 3.05) is 7.11 Å². The van der Waals surface area contributed by atoms with Gasteiger partial charge in [0, 0.05) is 5.56 Å². The number of amides is 1. The molecule has 0 unspecified atom stereocenters. The molecule has 0 aliphatic heterocycles. The number of carbonyl (C=O) groups excluding carboxylic acids is 2. The van der Waals surface area contributed by atoms with Crippen molar-refractivity contribution in [3.05, 3.63) is 93.5 Å². The van der Waals surface area contributed by atoms with Gasteiger partial charge in [-0.3, -0.25) is 4.79 Å². The number of halogens is 2. The van der Waals surface area contributed by atoms with Gasteiger partial charge in [0.05, 0.1) is 28.9 Å². The normalized spacial score (nSPS) is 10.6. The molecule has 3 aromatic rings. The van der Waals surface area contributed by atoms with Crippen molar-refractivity contribution in [1.82, 2.24) is 5.43 Å². The van der Waals surface area contributed by atoms with Crippen LogP contribution in [0.15, 0.2) is 71.8 Å². The molecule has 0 fully saturated rings. The Hall–Kier alpha value is -3.35. The van der Waals surface area contributed by atoms with Crippen LogP contribution in [0, 0.1) is 0 Å². The molecule has 0 saturated heterocycles. The zero-order valence-corrected chi connectivity index (χ0v) is 17.3. The lowest BCUT2D eigenvalue weighted by atomic mass is 10.2. The summed E-state index contributed by atoms with van der Waals surface area (Å²) in [5.74, 6) is 0.136. The standard InChI is InChI=1S/C22H16Cl2N2O4/c1-29-17-9-4-15(5-10-17)22(28)30-18-7-2-14(3-8-18)13-25-26-21(27)16-6-11-19(23)20(24)12-16/h2-13H,1H3,(H,26,27)/b25-13-. The van der Waals surface area contributed by atoms with Gasteiger partial charge in [-0.05, 0) is 72.3 Å². The first-order valence-electron chi connectivity index (χ1n) is 8.71. The molecule has 0 atom stereocenters. The van der Waals surface area contributed by atoms with Crippen LogP contribution in [0.2, 0.25) is 10.0 Å². The highest BCUT2D eigenvalue weighted by Gasteiger charge is 2.09. The predicted octanol–water partition coefficient (Wildman–Crippen LogP) is 4.99. The van der Waals surface area contributed by atoms with Gasteiger partial charge in [-0.2, -0.15) is 5.10 Å². The second kappa shape index (κ2) is 9.91. The molecule has 0 aliphatic rings. The molecule has 3 aromatic carbocycles. The molecule has 30 heavy (non-hydrogen) atoms. The van der Waals surface area contributed by atoms with E-state index in [0.29, 0.717) is 33.2 Å². The third-order valence-corrected chi connectivity index (χ3v) is 4.72. The highest BCUT2D eigenvalue weighted by molar-refractivity contribution is 6.42. The Morgan fingerprint density at radius 1 is 0.867 bits per heavy atom. The Balaban J connectivity index is 1.56. The second-order valence-corrected chi connectivity index (χ2v) is 6.83. The predicted molar refractivity (Wildman–Crippen MR) is 116 cm³/mol. The van der Waals surface area contributed by atoms with E-state index < -0.39 is 11.9 Å². The minimum atomic E-state index is -0.479. The topological polar surface area (TPSA) is 77.0 Å². The van der Waals surface area contributed by atoms with Crippen molar-refractivity contribution < 1.29 is 19.1 Å². The molecule has 0 heterocycles. The molecule has 0 radical (unpaired) electrons. The van der Waals surface area contributed by atoms with Crippen molar-refractivity contribution in [2.24, 2.45) is 5.10 Å². The van der Waals surface area contributed by atoms with Gasteiger partial charge in [-0.25, -0.2) is 10.2 Å². The van der Waals surface area contributed by atoms with Gasteiger partial charge in [0.25, 0.3) is 5.91 Å². The van der Waals surface area contributed by atoms with Crippen molar-refractivity contribution in [2.45, 2.75) is 0 Å². The molecule has 8 heteroatoms. The smallest absolute Gasteiger partial charge is 0.343 e. The van der Waals surface area contributed by atoms with Crippen molar-refractivity contribution in [3.8, 4) is 11.5 Å². The van der Waals surface area contributed by atoms with Crippen LogP contribution in [0.3, 0.4) is 0 Å². The summed E-state index contributed by atoms with van der Waals surface area (Å²) in [5.41, 5.74) is 3.85. The quantitative estimate of drug-likeness (QED) is 0.252. The monoisotopic (exact) mass is 442 g/mol. The number of hydrogen-bond donors (Lipinski definition) is 1. The Labute approximate surface area is 183 Å². The molecule has 0 saturated carbocycles. The number of nitrogens with zero attached hydrogens (tertiary/aromatic N) is 1. The van der Waals surface area contributed by atoms with E-state index >= 15 is 0 Å². The van der Waals surface area contributed by atoms with Crippen LogP contribution < -0.4 is 14.9 Å². The minimum Gasteiger partial charge on any atom is -0.497 e. The summed E-state index contributed by atoms with van der Waals surface area (Å²) in [5, 5.41) is 4.55. The first-order valence-corrected chi connectivity index (χ1v) is 9.46. The molecule has 152 valence electrons. The highest BCUT2D eigenvalue weighted by Crippen LogP contribution is 2.22. The van der Waals surface area contributed by atoms with E-state index in [2.05, 4.69) is 10.5 Å². The number of ether oxygens (including phenoxy) is 2. The van der Waals surface area contributed by atoms with Gasteiger partial charge < -0.3 is 9.47 Å². The summed E-state index contributed by atoms with van der Waals surface area (Å²) in [6.45, 7) is 0. The Morgan fingerprint density at radius 3 is 2.13 bits per heavy atom. The van der Waals surface area contributed by atoms with Gasteiger partial charge in [0.15, 0.2) is 0 Å². The van der Waals surface area contributed by atoms with Gasteiger partial charge in [-0.15, -0.1) is 0 Å². The molecule has 0 aliphatic carbocycles. The fraction of sp³-hybridized carbons (Fsp3) is 0.0455. The molecule has 0 spiro atoms. The molecule has 6 nitrogen and oxygen atoms in total. The Kier molecular flexibility index (Phi) is 7.06. The van der Waals surface area contributed by atoms with Gasteiger partial charge in [0.2, 0.25) is 0 Å². The number of esters is 1. The van der Waals surface area contributed by atoms with Crippen LogP contribution in [0.4, 0.5) is 0 Å². The van der Waals surface area contributed by atoms with Gasteiger partial charge in [0.1, 0.15) is 11.5 Å². The first-order chi connectivity index (χ1) is 14.5. The van der Waals surface area contributed by atoms with E-state index in [9.17, 15) is 9.59 Å². The van der Waals surface area contributed by atoms with E-state index in [4.69, 9.17) is 32.7 Å². The molecule has 0 aromatic heterocycles. The third kappa shape index (κ3) is 5.59. The first kappa shape index (κ1) is 21.4. The third-order valence-electron chi connectivity index (χ3n) is 3.98. The molecule has 1 N–H and O–H groups in total. The van der Waals surface area contributed by atoms with E-state index in [0.717, 1.165) is 0 Å². The van der Waals surface area contributed by atoms with Crippen LogP contribution in [0.1, 0.15) is 26.3 Å². The number of hydrogen-bond acceptors (Lipinski definition) is 5. The van der Waals surface area contributed by atoms with Crippen LogP contribution in [-0.4, -0.2) is 25.2 Å². The Bertz CT molecular complexity index is 1080. The zero-order valence-electron chi connectivity index (χ0n) is 15.8. The van der Waals surface area contributed by atoms with Gasteiger partial charge >= 0.3 is 5.97 Å². The average Bonchev–Trinajstić information content (AvgIpc) is 2.76. The summed E-state index contributed by atoms with van der Waals surface area (Å²) in [4.78, 5) is 24.2. The van der Waals surface area contributed by atoms with Crippen LogP contribution in [0.25, 0.3) is 0 Å². The number of carbonyl (C=O) groups is 2. The maximum absolute atomic E-state index is 12.2. The molecule has 0 bridgehead atoms. The van der Waals surface area contributed by atoms with Crippen molar-refractivity contribution >= 4 is 41.3 Å². The maximum atomic E-state index is 12.2. The van der Waals surface area contributed by atoms with Crippen LogP contribution in [0.5, 0.6) is 11.5 Å².